The number of nitrogens with two attached hydrogens (primary N) is 1. The summed E-state index contributed by atoms with van der Waals surface area (Å²) < 4.78 is 11.5. The minimum Gasteiger partial charge on any atom is -0.381 e. The maximum absolute atomic E-state index is 6.50. The molecule has 0 unspecified atom stereocenters. The van der Waals surface area contributed by atoms with Gasteiger partial charge in [-0.05, 0) is 40.5 Å². The molecule has 0 bridgehead atoms. The summed E-state index contributed by atoms with van der Waals surface area (Å²) >= 11 is 0. The van der Waals surface area contributed by atoms with Crippen LogP contribution in [0.15, 0.2) is 0 Å². The van der Waals surface area contributed by atoms with Gasteiger partial charge in [-0.3, -0.25) is 4.90 Å². The highest BCUT2D eigenvalue weighted by molar-refractivity contribution is 4.95. The van der Waals surface area contributed by atoms with Gasteiger partial charge in [-0.25, -0.2) is 0 Å². The Morgan fingerprint density at radius 1 is 1.00 bits per heavy atom. The van der Waals surface area contributed by atoms with Crippen molar-refractivity contribution in [3.05, 3.63) is 0 Å². The third kappa shape index (κ3) is 3.67. The molecule has 18 heavy (non-hydrogen) atoms. The van der Waals surface area contributed by atoms with Crippen LogP contribution in [0.3, 0.4) is 0 Å². The van der Waals surface area contributed by atoms with Gasteiger partial charge in [-0.2, -0.15) is 0 Å². The third-order valence-corrected chi connectivity index (χ3v) is 3.79. The summed E-state index contributed by atoms with van der Waals surface area (Å²) in [5.41, 5.74) is 6.24. The van der Waals surface area contributed by atoms with Crippen LogP contribution in [0.25, 0.3) is 0 Å². The number of hydrogen-bond donors (Lipinski definition) is 1. The molecule has 4 heteroatoms. The number of morpholine rings is 1. The van der Waals surface area contributed by atoms with Crippen molar-refractivity contribution in [1.29, 1.82) is 0 Å². The molecule has 106 valence electrons. The smallest absolute Gasteiger partial charge is 0.0760 e. The molecule has 4 nitrogen and oxygen atoms in total. The van der Waals surface area contributed by atoms with Gasteiger partial charge in [0.2, 0.25) is 0 Å². The van der Waals surface area contributed by atoms with E-state index < -0.39 is 0 Å². The van der Waals surface area contributed by atoms with E-state index in [1.165, 1.54) is 0 Å². The fourth-order valence-electron chi connectivity index (χ4n) is 3.44. The second-order valence-corrected chi connectivity index (χ2v) is 7.24. The zero-order valence-corrected chi connectivity index (χ0v) is 12.3. The Kier molecular flexibility index (Phi) is 3.76. The van der Waals surface area contributed by atoms with E-state index in [0.717, 1.165) is 45.7 Å². The first-order valence-electron chi connectivity index (χ1n) is 6.99. The Hall–Kier alpha value is -0.160. The van der Waals surface area contributed by atoms with E-state index in [4.69, 9.17) is 15.2 Å². The van der Waals surface area contributed by atoms with Crippen LogP contribution in [0.4, 0.5) is 0 Å². The molecule has 0 radical (unpaired) electrons. The summed E-state index contributed by atoms with van der Waals surface area (Å²) in [5.74, 6) is 0. The summed E-state index contributed by atoms with van der Waals surface area (Å²) in [5, 5.41) is 0. The molecule has 0 aromatic rings. The standard InChI is InChI=1S/C14H28N2O2/c1-12(2)9-16(10-13(3,4)18-12)11-14(15)5-7-17-8-6-14/h5-11,15H2,1-4H3. The van der Waals surface area contributed by atoms with E-state index in [1.807, 2.05) is 0 Å². The minimum absolute atomic E-state index is 0.0816. The van der Waals surface area contributed by atoms with E-state index in [1.54, 1.807) is 0 Å². The van der Waals surface area contributed by atoms with Gasteiger partial charge in [0.15, 0.2) is 0 Å². The van der Waals surface area contributed by atoms with Crippen LogP contribution in [-0.4, -0.2) is 54.5 Å². The van der Waals surface area contributed by atoms with Gasteiger partial charge in [-0.1, -0.05) is 0 Å². The van der Waals surface area contributed by atoms with Crippen molar-refractivity contribution in [2.45, 2.75) is 57.3 Å². The number of nitrogens with zero attached hydrogens (tertiary/aromatic N) is 1. The van der Waals surface area contributed by atoms with Gasteiger partial charge in [0.05, 0.1) is 11.2 Å². The van der Waals surface area contributed by atoms with Crippen molar-refractivity contribution in [2.75, 3.05) is 32.8 Å². The quantitative estimate of drug-likeness (QED) is 0.811. The van der Waals surface area contributed by atoms with E-state index in [9.17, 15) is 0 Å². The molecule has 0 aliphatic carbocycles. The van der Waals surface area contributed by atoms with Gasteiger partial charge in [0.25, 0.3) is 0 Å². The molecule has 0 amide bonds. The van der Waals surface area contributed by atoms with Crippen LogP contribution in [0.2, 0.25) is 0 Å². The fourth-order valence-corrected chi connectivity index (χ4v) is 3.44. The summed E-state index contributed by atoms with van der Waals surface area (Å²) in [7, 11) is 0. The van der Waals surface area contributed by atoms with Crippen LogP contribution >= 0.6 is 0 Å². The molecule has 2 heterocycles. The van der Waals surface area contributed by atoms with Crippen LogP contribution < -0.4 is 5.73 Å². The molecule has 2 saturated heterocycles. The van der Waals surface area contributed by atoms with Crippen molar-refractivity contribution in [2.24, 2.45) is 5.73 Å². The molecule has 0 saturated carbocycles. The van der Waals surface area contributed by atoms with E-state index in [2.05, 4.69) is 32.6 Å². The Balaban J connectivity index is 2.00. The van der Waals surface area contributed by atoms with Crippen LogP contribution in [0.1, 0.15) is 40.5 Å². The molecular formula is C14H28N2O2. The van der Waals surface area contributed by atoms with Crippen molar-refractivity contribution in [1.82, 2.24) is 4.90 Å². The first-order chi connectivity index (χ1) is 8.20. The number of hydrogen-bond acceptors (Lipinski definition) is 4. The van der Waals surface area contributed by atoms with E-state index in [-0.39, 0.29) is 16.7 Å². The Bertz CT molecular complexity index is 280. The first-order valence-corrected chi connectivity index (χ1v) is 6.99. The Morgan fingerprint density at radius 2 is 1.50 bits per heavy atom. The maximum Gasteiger partial charge on any atom is 0.0760 e. The highest BCUT2D eigenvalue weighted by Crippen LogP contribution is 2.30. The topological polar surface area (TPSA) is 47.7 Å². The van der Waals surface area contributed by atoms with Crippen molar-refractivity contribution in [3.8, 4) is 0 Å². The molecule has 2 aliphatic heterocycles. The highest BCUT2D eigenvalue weighted by Gasteiger charge is 2.40. The highest BCUT2D eigenvalue weighted by atomic mass is 16.5. The number of rotatable bonds is 2. The Morgan fingerprint density at radius 3 is 2.00 bits per heavy atom. The lowest BCUT2D eigenvalue weighted by Gasteiger charge is -2.49. The van der Waals surface area contributed by atoms with Gasteiger partial charge in [-0.15, -0.1) is 0 Å². The van der Waals surface area contributed by atoms with Gasteiger partial charge in [0.1, 0.15) is 0 Å². The summed E-state index contributed by atoms with van der Waals surface area (Å²) in [4.78, 5) is 2.47. The largest absolute Gasteiger partial charge is 0.381 e. The average molecular weight is 256 g/mol. The van der Waals surface area contributed by atoms with Gasteiger partial charge in [0, 0.05) is 38.4 Å². The zero-order valence-electron chi connectivity index (χ0n) is 12.3. The first kappa shape index (κ1) is 14.3. The van der Waals surface area contributed by atoms with Gasteiger partial charge < -0.3 is 15.2 Å². The van der Waals surface area contributed by atoms with Crippen LogP contribution in [0, 0.1) is 0 Å². The molecule has 2 rings (SSSR count). The molecule has 2 N–H and O–H groups in total. The SMILES string of the molecule is CC1(C)CN(CC2(N)CCOCC2)CC(C)(C)O1. The molecule has 2 fully saturated rings. The lowest BCUT2D eigenvalue weighted by atomic mass is 9.89. The normalized spacial score (nSPS) is 31.2. The molecule has 0 atom stereocenters. The third-order valence-electron chi connectivity index (χ3n) is 3.79. The molecule has 0 aromatic heterocycles. The van der Waals surface area contributed by atoms with Crippen molar-refractivity contribution >= 4 is 0 Å². The zero-order chi connectivity index (χ0) is 13.4. The lowest BCUT2D eigenvalue weighted by molar-refractivity contribution is -0.183. The summed E-state index contributed by atoms with van der Waals surface area (Å²) in [6.45, 7) is 13.1. The second-order valence-electron chi connectivity index (χ2n) is 7.24. The minimum atomic E-state index is -0.0940. The van der Waals surface area contributed by atoms with Crippen LogP contribution in [-0.2, 0) is 9.47 Å². The van der Waals surface area contributed by atoms with Crippen molar-refractivity contribution < 1.29 is 9.47 Å². The Labute approximate surface area is 111 Å². The summed E-state index contributed by atoms with van der Waals surface area (Å²) in [6, 6.07) is 0. The summed E-state index contributed by atoms with van der Waals surface area (Å²) in [6.07, 6.45) is 1.93. The lowest BCUT2D eigenvalue weighted by Crippen LogP contribution is -2.62. The molecule has 0 spiro atoms. The predicted molar refractivity (Wildman–Crippen MR) is 72.7 cm³/mol. The fraction of sp³-hybridized carbons (Fsp3) is 1.00. The monoisotopic (exact) mass is 256 g/mol. The van der Waals surface area contributed by atoms with Gasteiger partial charge >= 0.3 is 0 Å². The van der Waals surface area contributed by atoms with E-state index in [0.29, 0.717) is 0 Å². The van der Waals surface area contributed by atoms with Crippen LogP contribution in [0.5, 0.6) is 0 Å². The molecular weight excluding hydrogens is 228 g/mol. The number of ether oxygens (including phenoxy) is 2. The van der Waals surface area contributed by atoms with Crippen molar-refractivity contribution in [3.63, 3.8) is 0 Å². The second kappa shape index (κ2) is 4.75. The molecule has 2 aliphatic rings. The van der Waals surface area contributed by atoms with E-state index >= 15 is 0 Å². The average Bonchev–Trinajstić information content (AvgIpc) is 2.11. The molecule has 0 aromatic carbocycles. The predicted octanol–water partition coefficient (Wildman–Crippen LogP) is 1.38. The maximum atomic E-state index is 6.50.